The average Bonchev–Trinajstić information content (AvgIpc) is 2.38. The number of pyridine rings is 1. The number of carbonyl (C=O) groups excluding carboxylic acids is 1. The molecule has 0 aliphatic carbocycles. The Morgan fingerprint density at radius 2 is 2.06 bits per heavy atom. The number of unbranched alkanes of at least 4 members (excludes halogenated alkanes) is 4. The van der Waals surface area contributed by atoms with E-state index >= 15 is 0 Å². The zero-order valence-electron chi connectivity index (χ0n) is 10.6. The summed E-state index contributed by atoms with van der Waals surface area (Å²) in [6.07, 6.45) is 8.16. The zero-order chi connectivity index (χ0) is 12.5. The molecule has 2 N–H and O–H groups in total. The Labute approximate surface area is 103 Å². The van der Waals surface area contributed by atoms with Gasteiger partial charge in [-0.25, -0.2) is 0 Å². The minimum Gasteiger partial charge on any atom is -0.325 e. The summed E-state index contributed by atoms with van der Waals surface area (Å²) in [5.74, 6) is 0.207. The highest BCUT2D eigenvalue weighted by atomic mass is 16.1. The molecule has 1 heterocycles. The van der Waals surface area contributed by atoms with Crippen molar-refractivity contribution in [1.29, 1.82) is 0 Å². The first-order valence-corrected chi connectivity index (χ1v) is 6.46. The normalized spacial score (nSPS) is 10.5. The lowest BCUT2D eigenvalue weighted by Crippen LogP contribution is -2.04. The van der Waals surface area contributed by atoms with Crippen molar-refractivity contribution >= 4 is 5.78 Å². The Hall–Kier alpha value is -1.22. The quantitative estimate of drug-likeness (QED) is 0.555. The number of rotatable bonds is 8. The Morgan fingerprint density at radius 3 is 2.76 bits per heavy atom. The lowest BCUT2D eigenvalue weighted by molar-refractivity contribution is 0.0979. The number of aromatic nitrogens is 1. The lowest BCUT2D eigenvalue weighted by atomic mass is 10.0. The highest BCUT2D eigenvalue weighted by Gasteiger charge is 2.06. The van der Waals surface area contributed by atoms with Crippen LogP contribution in [0.5, 0.6) is 0 Å². The van der Waals surface area contributed by atoms with Gasteiger partial charge in [-0.05, 0) is 18.6 Å². The van der Waals surface area contributed by atoms with E-state index in [0.29, 0.717) is 13.0 Å². The largest absolute Gasteiger partial charge is 0.325 e. The highest BCUT2D eigenvalue weighted by molar-refractivity contribution is 5.96. The highest BCUT2D eigenvalue weighted by Crippen LogP contribution is 2.10. The van der Waals surface area contributed by atoms with Gasteiger partial charge in [-0.2, -0.15) is 0 Å². The molecule has 1 aromatic rings. The Morgan fingerprint density at radius 1 is 1.29 bits per heavy atom. The van der Waals surface area contributed by atoms with Crippen LogP contribution in [-0.2, 0) is 6.54 Å². The molecule has 1 rings (SSSR count). The second kappa shape index (κ2) is 7.96. The van der Waals surface area contributed by atoms with Crippen LogP contribution in [0.3, 0.4) is 0 Å². The zero-order valence-corrected chi connectivity index (χ0v) is 10.6. The molecule has 0 saturated heterocycles. The molecule has 1 aromatic heterocycles. The third kappa shape index (κ3) is 5.09. The van der Waals surface area contributed by atoms with Gasteiger partial charge in [0, 0.05) is 24.7 Å². The number of Topliss-reactive ketones (excluding diaryl/α,β-unsaturated/α-hetero) is 1. The van der Waals surface area contributed by atoms with Gasteiger partial charge in [0.15, 0.2) is 5.78 Å². The van der Waals surface area contributed by atoms with Crippen molar-refractivity contribution in [3.05, 3.63) is 29.6 Å². The van der Waals surface area contributed by atoms with Gasteiger partial charge in [0.2, 0.25) is 0 Å². The van der Waals surface area contributed by atoms with Gasteiger partial charge in [0.25, 0.3) is 0 Å². The van der Waals surface area contributed by atoms with Crippen molar-refractivity contribution in [2.24, 2.45) is 5.73 Å². The smallest absolute Gasteiger partial charge is 0.162 e. The molecule has 3 heteroatoms. The molecule has 0 amide bonds. The summed E-state index contributed by atoms with van der Waals surface area (Å²) >= 11 is 0. The number of carbonyl (C=O) groups is 1. The van der Waals surface area contributed by atoms with Crippen molar-refractivity contribution in [3.8, 4) is 0 Å². The molecular formula is C14H22N2O. The number of ketones is 1. The maximum Gasteiger partial charge on any atom is 0.162 e. The minimum atomic E-state index is 0.207. The number of nitrogens with two attached hydrogens (primary N) is 1. The molecule has 0 atom stereocenters. The Bertz CT molecular complexity index is 350. The first-order chi connectivity index (χ1) is 8.27. The van der Waals surface area contributed by atoms with Crippen LogP contribution in [0.25, 0.3) is 0 Å². The summed E-state index contributed by atoms with van der Waals surface area (Å²) in [7, 11) is 0. The van der Waals surface area contributed by atoms with Crippen LogP contribution in [0, 0.1) is 0 Å². The van der Waals surface area contributed by atoms with Crippen molar-refractivity contribution < 1.29 is 4.79 Å². The van der Waals surface area contributed by atoms with E-state index in [2.05, 4.69) is 11.9 Å². The third-order valence-electron chi connectivity index (χ3n) is 2.86. The van der Waals surface area contributed by atoms with Crippen molar-refractivity contribution in [3.63, 3.8) is 0 Å². The maximum absolute atomic E-state index is 11.9. The molecule has 0 aromatic carbocycles. The molecule has 0 aliphatic heterocycles. The number of hydrogen-bond acceptors (Lipinski definition) is 3. The van der Waals surface area contributed by atoms with E-state index in [0.717, 1.165) is 24.1 Å². The predicted molar refractivity (Wildman–Crippen MR) is 69.8 cm³/mol. The van der Waals surface area contributed by atoms with Crippen LogP contribution in [0.1, 0.15) is 61.5 Å². The van der Waals surface area contributed by atoms with Gasteiger partial charge in [-0.15, -0.1) is 0 Å². The summed E-state index contributed by atoms with van der Waals surface area (Å²) in [6.45, 7) is 2.58. The molecule has 0 spiro atoms. The molecule has 0 saturated carbocycles. The molecule has 0 fully saturated rings. The summed E-state index contributed by atoms with van der Waals surface area (Å²) in [5.41, 5.74) is 7.03. The van der Waals surface area contributed by atoms with Gasteiger partial charge in [0.1, 0.15) is 0 Å². The van der Waals surface area contributed by atoms with Crippen molar-refractivity contribution in [1.82, 2.24) is 4.98 Å². The molecule has 0 aliphatic rings. The predicted octanol–water partition coefficient (Wildman–Crippen LogP) is 3.08. The summed E-state index contributed by atoms with van der Waals surface area (Å²) < 4.78 is 0. The summed E-state index contributed by atoms with van der Waals surface area (Å²) in [6, 6.07) is 3.57. The van der Waals surface area contributed by atoms with Crippen LogP contribution in [-0.4, -0.2) is 10.8 Å². The van der Waals surface area contributed by atoms with E-state index in [1.807, 2.05) is 0 Å². The van der Waals surface area contributed by atoms with Crippen LogP contribution in [0.4, 0.5) is 0 Å². The molecule has 17 heavy (non-hydrogen) atoms. The van der Waals surface area contributed by atoms with Crippen molar-refractivity contribution in [2.45, 2.75) is 52.0 Å². The average molecular weight is 234 g/mol. The Balaban J connectivity index is 2.36. The fourth-order valence-electron chi connectivity index (χ4n) is 1.80. The first-order valence-electron chi connectivity index (χ1n) is 6.46. The molecule has 3 nitrogen and oxygen atoms in total. The fraction of sp³-hybridized carbons (Fsp3) is 0.571. The van der Waals surface area contributed by atoms with Crippen LogP contribution >= 0.6 is 0 Å². The van der Waals surface area contributed by atoms with E-state index in [1.165, 1.54) is 19.3 Å². The van der Waals surface area contributed by atoms with E-state index in [9.17, 15) is 4.79 Å². The Kier molecular flexibility index (Phi) is 6.48. The molecule has 94 valence electrons. The van der Waals surface area contributed by atoms with E-state index in [4.69, 9.17) is 5.73 Å². The number of nitrogens with zero attached hydrogens (tertiary/aromatic N) is 1. The van der Waals surface area contributed by atoms with Crippen molar-refractivity contribution in [2.75, 3.05) is 0 Å². The SMILES string of the molecule is CCCCCCCC(=O)c1ccnc(CN)c1. The van der Waals surface area contributed by atoms with Gasteiger partial charge >= 0.3 is 0 Å². The standard InChI is InChI=1S/C14H22N2O/c1-2-3-4-5-6-7-14(17)12-8-9-16-13(10-12)11-15/h8-10H,2-7,11,15H2,1H3. The van der Waals surface area contributed by atoms with Crippen LogP contribution < -0.4 is 5.73 Å². The topological polar surface area (TPSA) is 56.0 Å². The minimum absolute atomic E-state index is 0.207. The van der Waals surface area contributed by atoms with Gasteiger partial charge in [-0.1, -0.05) is 32.6 Å². The van der Waals surface area contributed by atoms with Gasteiger partial charge < -0.3 is 5.73 Å². The maximum atomic E-state index is 11.9. The third-order valence-corrected chi connectivity index (χ3v) is 2.86. The first kappa shape index (κ1) is 13.8. The van der Waals surface area contributed by atoms with E-state index < -0.39 is 0 Å². The van der Waals surface area contributed by atoms with E-state index in [1.54, 1.807) is 18.3 Å². The van der Waals surface area contributed by atoms with Gasteiger partial charge in [0.05, 0.1) is 5.69 Å². The van der Waals surface area contributed by atoms with Crippen LogP contribution in [0.15, 0.2) is 18.3 Å². The second-order valence-corrected chi connectivity index (χ2v) is 4.33. The molecule has 0 bridgehead atoms. The molecular weight excluding hydrogens is 212 g/mol. The van der Waals surface area contributed by atoms with Crippen LogP contribution in [0.2, 0.25) is 0 Å². The summed E-state index contributed by atoms with van der Waals surface area (Å²) in [5, 5.41) is 0. The second-order valence-electron chi connectivity index (χ2n) is 4.33. The monoisotopic (exact) mass is 234 g/mol. The van der Waals surface area contributed by atoms with E-state index in [-0.39, 0.29) is 5.78 Å². The molecule has 0 unspecified atom stereocenters. The van der Waals surface area contributed by atoms with Gasteiger partial charge in [-0.3, -0.25) is 9.78 Å². The lowest BCUT2D eigenvalue weighted by Gasteiger charge is -2.03. The molecule has 0 radical (unpaired) electrons. The summed E-state index contributed by atoms with van der Waals surface area (Å²) in [4.78, 5) is 16.0. The number of hydrogen-bond donors (Lipinski definition) is 1. The fourth-order valence-corrected chi connectivity index (χ4v) is 1.80.